The van der Waals surface area contributed by atoms with Crippen molar-refractivity contribution in [1.82, 2.24) is 29.3 Å². The molecule has 0 saturated carbocycles. The van der Waals surface area contributed by atoms with Crippen molar-refractivity contribution in [3.05, 3.63) is 24.4 Å². The van der Waals surface area contributed by atoms with Gasteiger partial charge in [-0.1, -0.05) is 0 Å². The van der Waals surface area contributed by atoms with E-state index in [-0.39, 0.29) is 5.95 Å². The molecule has 1 unspecified atom stereocenters. The highest BCUT2D eigenvalue weighted by molar-refractivity contribution is 5.87. The van der Waals surface area contributed by atoms with Crippen LogP contribution in [0.5, 0.6) is 0 Å². The van der Waals surface area contributed by atoms with Gasteiger partial charge in [-0.15, -0.1) is 0 Å². The van der Waals surface area contributed by atoms with Crippen LogP contribution in [-0.4, -0.2) is 42.4 Å². The summed E-state index contributed by atoms with van der Waals surface area (Å²) in [6.07, 6.45) is 7.97. The zero-order chi connectivity index (χ0) is 16.0. The van der Waals surface area contributed by atoms with Crippen LogP contribution < -0.4 is 10.6 Å². The van der Waals surface area contributed by atoms with Crippen molar-refractivity contribution in [2.45, 2.75) is 25.8 Å². The van der Waals surface area contributed by atoms with Crippen LogP contribution in [0, 0.1) is 6.92 Å². The molecule has 8 nitrogen and oxygen atoms in total. The van der Waals surface area contributed by atoms with Gasteiger partial charge in [-0.3, -0.25) is 4.68 Å². The van der Waals surface area contributed by atoms with Crippen molar-refractivity contribution >= 4 is 22.8 Å². The fourth-order valence-corrected chi connectivity index (χ4v) is 3.41. The fourth-order valence-electron chi connectivity index (χ4n) is 3.41. The quantitative estimate of drug-likeness (QED) is 0.767. The zero-order valence-corrected chi connectivity index (χ0v) is 13.3. The first-order valence-electron chi connectivity index (χ1n) is 7.83. The van der Waals surface area contributed by atoms with Gasteiger partial charge in [0.2, 0.25) is 5.95 Å². The van der Waals surface area contributed by atoms with E-state index in [1.165, 1.54) is 0 Å². The summed E-state index contributed by atoms with van der Waals surface area (Å²) >= 11 is 0. The molecule has 4 rings (SSSR count). The standard InChI is InChI=1S/C15H20N8/c1-10-17-5-7-23(10)11-4-3-6-22(9-11)14-12-8-18-21(2)13(12)19-15(16)20-14/h5,7-8,11H,3-4,6,9H2,1-2H3,(H2,16,19,20). The van der Waals surface area contributed by atoms with Gasteiger partial charge in [-0.25, -0.2) is 4.98 Å². The maximum atomic E-state index is 5.91. The van der Waals surface area contributed by atoms with E-state index >= 15 is 0 Å². The number of nitrogens with two attached hydrogens (primary N) is 1. The smallest absolute Gasteiger partial charge is 0.224 e. The van der Waals surface area contributed by atoms with E-state index < -0.39 is 0 Å². The number of fused-ring (bicyclic) bond motifs is 1. The second-order valence-corrected chi connectivity index (χ2v) is 6.03. The Morgan fingerprint density at radius 1 is 1.30 bits per heavy atom. The van der Waals surface area contributed by atoms with E-state index in [1.807, 2.05) is 26.4 Å². The molecule has 0 radical (unpaired) electrons. The molecule has 3 aromatic heterocycles. The minimum absolute atomic E-state index is 0.289. The highest BCUT2D eigenvalue weighted by atomic mass is 15.3. The lowest BCUT2D eigenvalue weighted by molar-refractivity contribution is 0.398. The molecule has 0 spiro atoms. The number of aryl methyl sites for hydroxylation is 2. The average Bonchev–Trinajstić information content (AvgIpc) is 3.13. The Labute approximate surface area is 134 Å². The van der Waals surface area contributed by atoms with Gasteiger partial charge >= 0.3 is 0 Å². The van der Waals surface area contributed by atoms with E-state index in [1.54, 1.807) is 4.68 Å². The topological polar surface area (TPSA) is 90.7 Å². The first kappa shape index (κ1) is 14.0. The lowest BCUT2D eigenvalue weighted by Gasteiger charge is -2.34. The largest absolute Gasteiger partial charge is 0.368 e. The van der Waals surface area contributed by atoms with Crippen molar-refractivity contribution < 1.29 is 0 Å². The third-order valence-corrected chi connectivity index (χ3v) is 4.54. The molecule has 1 saturated heterocycles. The molecule has 23 heavy (non-hydrogen) atoms. The van der Waals surface area contributed by atoms with Gasteiger partial charge in [0.15, 0.2) is 5.65 Å². The summed E-state index contributed by atoms with van der Waals surface area (Å²) in [5, 5.41) is 5.24. The number of aromatic nitrogens is 6. The molecule has 1 atom stereocenters. The molecule has 1 aliphatic heterocycles. The van der Waals surface area contributed by atoms with Gasteiger partial charge in [0.1, 0.15) is 11.6 Å². The third-order valence-electron chi connectivity index (χ3n) is 4.54. The highest BCUT2D eigenvalue weighted by Crippen LogP contribution is 2.30. The number of nitrogen functional groups attached to an aromatic ring is 1. The normalized spacial score (nSPS) is 18.7. The summed E-state index contributed by atoms with van der Waals surface area (Å²) in [7, 11) is 1.87. The van der Waals surface area contributed by atoms with Gasteiger partial charge in [-0.05, 0) is 19.8 Å². The van der Waals surface area contributed by atoms with Crippen molar-refractivity contribution in [3.8, 4) is 0 Å². The molecular formula is C15H20N8. The Morgan fingerprint density at radius 3 is 2.96 bits per heavy atom. The van der Waals surface area contributed by atoms with Crippen molar-refractivity contribution in [2.75, 3.05) is 23.7 Å². The van der Waals surface area contributed by atoms with Gasteiger partial charge < -0.3 is 15.2 Å². The Morgan fingerprint density at radius 2 is 2.17 bits per heavy atom. The van der Waals surface area contributed by atoms with Crippen LogP contribution in [0.4, 0.5) is 11.8 Å². The van der Waals surface area contributed by atoms with E-state index in [0.29, 0.717) is 6.04 Å². The summed E-state index contributed by atoms with van der Waals surface area (Å²) in [5.74, 6) is 2.21. The van der Waals surface area contributed by atoms with E-state index in [2.05, 4.69) is 35.7 Å². The SMILES string of the molecule is Cc1nccn1C1CCCN(c2nc(N)nc3c2cnn3C)C1. The first-order valence-corrected chi connectivity index (χ1v) is 7.83. The number of imidazole rings is 1. The maximum Gasteiger partial charge on any atom is 0.224 e. The second kappa shape index (κ2) is 5.22. The van der Waals surface area contributed by atoms with E-state index in [4.69, 9.17) is 5.73 Å². The molecule has 2 N–H and O–H groups in total. The molecule has 1 aliphatic rings. The number of piperidine rings is 1. The molecule has 0 aliphatic carbocycles. The van der Waals surface area contributed by atoms with Crippen LogP contribution in [0.1, 0.15) is 24.7 Å². The molecule has 0 aromatic carbocycles. The predicted molar refractivity (Wildman–Crippen MR) is 88.2 cm³/mol. The summed E-state index contributed by atoms with van der Waals surface area (Å²) < 4.78 is 3.98. The molecule has 1 fully saturated rings. The monoisotopic (exact) mass is 312 g/mol. The van der Waals surface area contributed by atoms with E-state index in [9.17, 15) is 0 Å². The van der Waals surface area contributed by atoms with Crippen molar-refractivity contribution in [1.29, 1.82) is 0 Å². The maximum absolute atomic E-state index is 5.91. The second-order valence-electron chi connectivity index (χ2n) is 6.03. The zero-order valence-electron chi connectivity index (χ0n) is 13.3. The van der Waals surface area contributed by atoms with Gasteiger partial charge in [0.25, 0.3) is 0 Å². The van der Waals surface area contributed by atoms with Crippen molar-refractivity contribution in [3.63, 3.8) is 0 Å². The van der Waals surface area contributed by atoms with Crippen molar-refractivity contribution in [2.24, 2.45) is 7.05 Å². The number of rotatable bonds is 2. The first-order chi connectivity index (χ1) is 11.1. The minimum atomic E-state index is 0.289. The van der Waals surface area contributed by atoms with Crippen LogP contribution in [-0.2, 0) is 7.05 Å². The Kier molecular flexibility index (Phi) is 3.17. The number of hydrogen-bond donors (Lipinski definition) is 1. The van der Waals surface area contributed by atoms with E-state index in [0.717, 1.165) is 48.6 Å². The molecule has 120 valence electrons. The Hall–Kier alpha value is -2.64. The number of hydrogen-bond acceptors (Lipinski definition) is 6. The van der Waals surface area contributed by atoms with Crippen LogP contribution in [0.3, 0.4) is 0 Å². The predicted octanol–water partition coefficient (Wildman–Crippen LogP) is 1.29. The van der Waals surface area contributed by atoms with Crippen LogP contribution in [0.25, 0.3) is 11.0 Å². The van der Waals surface area contributed by atoms with Crippen LogP contribution >= 0.6 is 0 Å². The third kappa shape index (κ3) is 2.30. The lowest BCUT2D eigenvalue weighted by Crippen LogP contribution is -2.37. The van der Waals surface area contributed by atoms with Crippen LogP contribution in [0.15, 0.2) is 18.6 Å². The Balaban J connectivity index is 1.72. The summed E-state index contributed by atoms with van der Waals surface area (Å²) in [5.41, 5.74) is 6.68. The van der Waals surface area contributed by atoms with Gasteiger partial charge in [0, 0.05) is 32.5 Å². The average molecular weight is 312 g/mol. The summed E-state index contributed by atoms with van der Waals surface area (Å²) in [4.78, 5) is 15.4. The van der Waals surface area contributed by atoms with Crippen LogP contribution in [0.2, 0.25) is 0 Å². The number of anilines is 2. The molecule has 0 amide bonds. The molecule has 4 heterocycles. The van der Waals surface area contributed by atoms with Gasteiger partial charge in [0.05, 0.1) is 17.6 Å². The summed E-state index contributed by atoms with van der Waals surface area (Å²) in [6, 6.07) is 0.397. The molecule has 8 heteroatoms. The Bertz CT molecular complexity index is 848. The fraction of sp³-hybridized carbons (Fsp3) is 0.467. The number of nitrogens with zero attached hydrogens (tertiary/aromatic N) is 7. The molecular weight excluding hydrogens is 292 g/mol. The molecule has 0 bridgehead atoms. The highest BCUT2D eigenvalue weighted by Gasteiger charge is 2.25. The minimum Gasteiger partial charge on any atom is -0.368 e. The lowest BCUT2D eigenvalue weighted by atomic mass is 10.1. The van der Waals surface area contributed by atoms with Gasteiger partial charge in [-0.2, -0.15) is 15.1 Å². The molecule has 3 aromatic rings. The summed E-state index contributed by atoms with van der Waals surface area (Å²) in [6.45, 7) is 3.89.